The highest BCUT2D eigenvalue weighted by atomic mass is 16.7. The van der Waals surface area contributed by atoms with Crippen LogP contribution in [-0.2, 0) is 23.8 Å². The maximum absolute atomic E-state index is 12.7. The van der Waals surface area contributed by atoms with Gasteiger partial charge in [-0.2, -0.15) is 0 Å². The van der Waals surface area contributed by atoms with Gasteiger partial charge in [0.1, 0.15) is 0 Å². The SMILES string of the molecule is CC1(C)OC(=O)C(=CNc2ccc3c(c2)C(=O)N(CC2CCCO2)C3=O)C(=O)O1. The van der Waals surface area contributed by atoms with Crippen molar-refractivity contribution in [3.63, 3.8) is 0 Å². The summed E-state index contributed by atoms with van der Waals surface area (Å²) in [7, 11) is 0. The van der Waals surface area contributed by atoms with Gasteiger partial charge < -0.3 is 19.5 Å². The van der Waals surface area contributed by atoms with Gasteiger partial charge in [0.2, 0.25) is 0 Å². The molecule has 9 nitrogen and oxygen atoms in total. The lowest BCUT2D eigenvalue weighted by molar-refractivity contribution is -0.222. The zero-order valence-corrected chi connectivity index (χ0v) is 16.0. The second-order valence-electron chi connectivity index (χ2n) is 7.50. The quantitative estimate of drug-likeness (QED) is 0.351. The number of esters is 2. The Kier molecular flexibility index (Phi) is 4.62. The van der Waals surface area contributed by atoms with Crippen LogP contribution in [0.5, 0.6) is 0 Å². The number of anilines is 1. The summed E-state index contributed by atoms with van der Waals surface area (Å²) < 4.78 is 15.6. The lowest BCUT2D eigenvalue weighted by atomic mass is 10.1. The van der Waals surface area contributed by atoms with E-state index in [-0.39, 0.29) is 29.7 Å². The second-order valence-corrected chi connectivity index (χ2v) is 7.50. The molecule has 0 bridgehead atoms. The smallest absolute Gasteiger partial charge is 0.350 e. The average molecular weight is 400 g/mol. The molecule has 9 heteroatoms. The molecule has 2 saturated heterocycles. The number of amides is 2. The molecule has 1 aromatic rings. The average Bonchev–Trinajstić information content (AvgIpc) is 3.23. The molecule has 0 aromatic heterocycles. The third-order valence-corrected chi connectivity index (χ3v) is 4.88. The molecule has 4 rings (SSSR count). The van der Waals surface area contributed by atoms with Crippen LogP contribution in [0.2, 0.25) is 0 Å². The summed E-state index contributed by atoms with van der Waals surface area (Å²) in [6, 6.07) is 4.62. The fraction of sp³-hybridized carbons (Fsp3) is 0.400. The highest BCUT2D eigenvalue weighted by Crippen LogP contribution is 2.28. The number of nitrogens with zero attached hydrogens (tertiary/aromatic N) is 1. The summed E-state index contributed by atoms with van der Waals surface area (Å²) >= 11 is 0. The number of rotatable bonds is 4. The van der Waals surface area contributed by atoms with Crippen LogP contribution in [0.15, 0.2) is 30.0 Å². The number of fused-ring (bicyclic) bond motifs is 1. The van der Waals surface area contributed by atoms with Gasteiger partial charge in [-0.3, -0.25) is 14.5 Å². The minimum absolute atomic E-state index is 0.132. The van der Waals surface area contributed by atoms with Gasteiger partial charge >= 0.3 is 11.9 Å². The van der Waals surface area contributed by atoms with Gasteiger partial charge in [-0.05, 0) is 31.0 Å². The Morgan fingerprint density at radius 2 is 1.79 bits per heavy atom. The molecule has 0 radical (unpaired) electrons. The van der Waals surface area contributed by atoms with Crippen molar-refractivity contribution < 1.29 is 33.4 Å². The normalized spacial score (nSPS) is 23.0. The summed E-state index contributed by atoms with van der Waals surface area (Å²) in [5, 5.41) is 2.79. The topological polar surface area (TPSA) is 111 Å². The molecule has 29 heavy (non-hydrogen) atoms. The number of hydrogen-bond acceptors (Lipinski definition) is 8. The number of nitrogens with one attached hydrogen (secondary N) is 1. The van der Waals surface area contributed by atoms with E-state index in [1.165, 1.54) is 30.9 Å². The molecule has 2 amide bonds. The first kappa shape index (κ1) is 19.1. The van der Waals surface area contributed by atoms with E-state index in [4.69, 9.17) is 14.2 Å². The highest BCUT2D eigenvalue weighted by molar-refractivity contribution is 6.21. The monoisotopic (exact) mass is 400 g/mol. The van der Waals surface area contributed by atoms with E-state index in [1.807, 2.05) is 0 Å². The third kappa shape index (κ3) is 3.61. The number of ether oxygens (including phenoxy) is 3. The van der Waals surface area contributed by atoms with Crippen molar-refractivity contribution in [3.8, 4) is 0 Å². The summed E-state index contributed by atoms with van der Waals surface area (Å²) in [5.74, 6) is -3.69. The van der Waals surface area contributed by atoms with Crippen molar-refractivity contribution in [2.45, 2.75) is 38.6 Å². The Balaban J connectivity index is 1.51. The molecule has 3 aliphatic heterocycles. The van der Waals surface area contributed by atoms with Crippen LogP contribution in [0.25, 0.3) is 0 Å². The molecule has 1 aromatic carbocycles. The van der Waals surface area contributed by atoms with E-state index in [9.17, 15) is 19.2 Å². The van der Waals surface area contributed by atoms with Crippen LogP contribution in [-0.4, -0.2) is 53.7 Å². The van der Waals surface area contributed by atoms with Crippen LogP contribution in [0.4, 0.5) is 5.69 Å². The standard InChI is InChI=1S/C20H20N2O7/c1-20(2)28-18(25)15(19(26)29-20)9-21-11-5-6-13-14(8-11)17(24)22(16(13)23)10-12-4-3-7-27-12/h5-6,8-9,12,21H,3-4,7,10H2,1-2H3. The number of hydrogen-bond donors (Lipinski definition) is 1. The predicted octanol–water partition coefficient (Wildman–Crippen LogP) is 1.59. The van der Waals surface area contributed by atoms with Crippen LogP contribution < -0.4 is 5.32 Å². The van der Waals surface area contributed by atoms with E-state index in [2.05, 4.69) is 5.32 Å². The molecule has 1 unspecified atom stereocenters. The van der Waals surface area contributed by atoms with Gasteiger partial charge in [0.15, 0.2) is 5.57 Å². The molecular formula is C20H20N2O7. The molecule has 0 aliphatic carbocycles. The van der Waals surface area contributed by atoms with Gasteiger partial charge in [-0.15, -0.1) is 0 Å². The Hall–Kier alpha value is -3.20. The number of cyclic esters (lactones) is 2. The van der Waals surface area contributed by atoms with Crippen LogP contribution in [0.1, 0.15) is 47.4 Å². The first-order valence-corrected chi connectivity index (χ1v) is 9.30. The van der Waals surface area contributed by atoms with Crippen LogP contribution >= 0.6 is 0 Å². The summed E-state index contributed by atoms with van der Waals surface area (Å²) in [4.78, 5) is 50.4. The van der Waals surface area contributed by atoms with Crippen LogP contribution in [0, 0.1) is 0 Å². The number of imide groups is 1. The molecular weight excluding hydrogens is 380 g/mol. The summed E-state index contributed by atoms with van der Waals surface area (Å²) in [6.45, 7) is 3.78. The third-order valence-electron chi connectivity index (χ3n) is 4.88. The van der Waals surface area contributed by atoms with Crippen molar-refractivity contribution in [1.82, 2.24) is 4.90 Å². The number of carbonyl (C=O) groups is 4. The number of benzene rings is 1. The first-order chi connectivity index (χ1) is 13.7. The molecule has 3 aliphatic rings. The fourth-order valence-electron chi connectivity index (χ4n) is 3.47. The zero-order valence-electron chi connectivity index (χ0n) is 16.0. The van der Waals surface area contributed by atoms with Crippen molar-refractivity contribution in [3.05, 3.63) is 41.1 Å². The van der Waals surface area contributed by atoms with Gasteiger partial charge in [0, 0.05) is 32.3 Å². The van der Waals surface area contributed by atoms with Crippen molar-refractivity contribution in [2.75, 3.05) is 18.5 Å². The predicted molar refractivity (Wildman–Crippen MR) is 98.8 cm³/mol. The molecule has 2 fully saturated rings. The van der Waals surface area contributed by atoms with Crippen LogP contribution in [0.3, 0.4) is 0 Å². The first-order valence-electron chi connectivity index (χ1n) is 9.30. The largest absolute Gasteiger partial charge is 0.419 e. The maximum Gasteiger partial charge on any atom is 0.350 e. The Morgan fingerprint density at radius 3 is 2.45 bits per heavy atom. The Morgan fingerprint density at radius 1 is 1.10 bits per heavy atom. The van der Waals surface area contributed by atoms with Gasteiger partial charge in [0.25, 0.3) is 17.6 Å². The van der Waals surface area contributed by atoms with Gasteiger partial charge in [-0.1, -0.05) is 0 Å². The van der Waals surface area contributed by atoms with Gasteiger partial charge in [0.05, 0.1) is 23.8 Å². The van der Waals surface area contributed by atoms with E-state index >= 15 is 0 Å². The maximum atomic E-state index is 12.7. The van der Waals surface area contributed by atoms with E-state index in [1.54, 1.807) is 6.07 Å². The van der Waals surface area contributed by atoms with Gasteiger partial charge in [-0.25, -0.2) is 9.59 Å². The minimum atomic E-state index is -1.32. The van der Waals surface area contributed by atoms with Crippen molar-refractivity contribution in [2.24, 2.45) is 0 Å². The molecule has 152 valence electrons. The minimum Gasteiger partial charge on any atom is -0.419 e. The van der Waals surface area contributed by atoms with E-state index in [0.717, 1.165) is 19.0 Å². The van der Waals surface area contributed by atoms with E-state index < -0.39 is 23.6 Å². The molecule has 1 N–H and O–H groups in total. The Bertz CT molecular complexity index is 922. The molecule has 1 atom stereocenters. The van der Waals surface area contributed by atoms with E-state index in [0.29, 0.717) is 17.9 Å². The second kappa shape index (κ2) is 7.00. The molecule has 0 spiro atoms. The number of carbonyl (C=O) groups excluding carboxylic acids is 4. The fourth-order valence-corrected chi connectivity index (χ4v) is 3.47. The van der Waals surface area contributed by atoms with Crippen molar-refractivity contribution >= 4 is 29.4 Å². The zero-order chi connectivity index (χ0) is 20.8. The summed E-state index contributed by atoms with van der Waals surface area (Å²) in [5.41, 5.74) is 0.699. The molecule has 0 saturated carbocycles. The lowest BCUT2D eigenvalue weighted by Crippen LogP contribution is -2.42. The lowest BCUT2D eigenvalue weighted by Gasteiger charge is -2.29. The highest BCUT2D eigenvalue weighted by Gasteiger charge is 2.39. The molecule has 3 heterocycles. The summed E-state index contributed by atoms with van der Waals surface area (Å²) in [6.07, 6.45) is 2.76. The van der Waals surface area contributed by atoms with Crippen molar-refractivity contribution in [1.29, 1.82) is 0 Å². The Labute approximate surface area is 166 Å².